The monoisotopic (exact) mass is 254 g/mol. The summed E-state index contributed by atoms with van der Waals surface area (Å²) in [7, 11) is 0. The van der Waals surface area contributed by atoms with Crippen LogP contribution in [-0.2, 0) is 0 Å². The molecule has 2 atom stereocenters. The number of hydrogen-bond donors (Lipinski definition) is 2. The lowest BCUT2D eigenvalue weighted by atomic mass is 10.3. The summed E-state index contributed by atoms with van der Waals surface area (Å²) >= 11 is 3.17. The normalized spacial score (nSPS) is 15.2. The van der Waals surface area contributed by atoms with Crippen molar-refractivity contribution in [2.45, 2.75) is 30.1 Å². The minimum atomic E-state index is -0.351. The van der Waals surface area contributed by atoms with Gasteiger partial charge in [-0.05, 0) is 19.1 Å². The van der Waals surface area contributed by atoms with Crippen LogP contribution in [0.3, 0.4) is 0 Å². The molecule has 0 aliphatic carbocycles. The molecule has 0 amide bonds. The van der Waals surface area contributed by atoms with E-state index in [0.29, 0.717) is 0 Å². The van der Waals surface area contributed by atoms with E-state index in [2.05, 4.69) is 4.98 Å². The fourth-order valence-corrected chi connectivity index (χ4v) is 3.00. The third kappa shape index (κ3) is 2.16. The molecule has 0 aliphatic heterocycles. The number of thiazole rings is 1. The van der Waals surface area contributed by atoms with Crippen LogP contribution in [0.1, 0.15) is 13.8 Å². The van der Waals surface area contributed by atoms with Gasteiger partial charge in [-0.1, -0.05) is 6.92 Å². The third-order valence-electron chi connectivity index (χ3n) is 2.49. The molecule has 2 unspecified atom stereocenters. The van der Waals surface area contributed by atoms with E-state index in [9.17, 15) is 5.11 Å². The van der Waals surface area contributed by atoms with Crippen LogP contribution in [0, 0.1) is 0 Å². The quantitative estimate of drug-likeness (QED) is 0.653. The molecule has 1 aromatic heterocycles. The van der Waals surface area contributed by atoms with Gasteiger partial charge >= 0.3 is 0 Å². The van der Waals surface area contributed by atoms with E-state index < -0.39 is 0 Å². The van der Waals surface area contributed by atoms with Crippen molar-refractivity contribution in [3.63, 3.8) is 0 Å². The van der Waals surface area contributed by atoms with Crippen molar-refractivity contribution < 1.29 is 5.11 Å². The van der Waals surface area contributed by atoms with E-state index in [-0.39, 0.29) is 11.4 Å². The number of aromatic nitrogens is 1. The van der Waals surface area contributed by atoms with Gasteiger partial charge in [-0.3, -0.25) is 0 Å². The second-order valence-corrected chi connectivity index (χ2v) is 6.05. The number of aliphatic hydroxyl groups excluding tert-OH is 1. The van der Waals surface area contributed by atoms with Crippen LogP contribution in [0.5, 0.6) is 0 Å². The summed E-state index contributed by atoms with van der Waals surface area (Å²) in [6, 6.07) is 4.03. The number of benzene rings is 1. The van der Waals surface area contributed by atoms with Crippen LogP contribution in [0.15, 0.2) is 22.5 Å². The average molecular weight is 254 g/mol. The Morgan fingerprint density at radius 1 is 1.44 bits per heavy atom. The van der Waals surface area contributed by atoms with Gasteiger partial charge in [0, 0.05) is 10.1 Å². The summed E-state index contributed by atoms with van der Waals surface area (Å²) in [5, 5.41) is 9.59. The molecule has 0 saturated carbocycles. The number of nitrogens with two attached hydrogens (primary N) is 1. The van der Waals surface area contributed by atoms with Gasteiger partial charge in [0.25, 0.3) is 0 Å². The molecule has 3 nitrogen and oxygen atoms in total. The molecule has 0 aliphatic rings. The van der Waals surface area contributed by atoms with Crippen LogP contribution in [-0.4, -0.2) is 21.4 Å². The minimum absolute atomic E-state index is 0.124. The predicted molar refractivity (Wildman–Crippen MR) is 71.0 cm³/mol. The Hall–Kier alpha value is -0.780. The van der Waals surface area contributed by atoms with Gasteiger partial charge in [0.05, 0.1) is 22.0 Å². The molecular weight excluding hydrogens is 240 g/mol. The molecule has 2 aromatic rings. The van der Waals surface area contributed by atoms with E-state index >= 15 is 0 Å². The maximum Gasteiger partial charge on any atom is 0.105 e. The molecule has 1 aromatic carbocycles. The molecule has 0 spiro atoms. The first-order chi connectivity index (χ1) is 7.59. The maximum absolute atomic E-state index is 9.47. The van der Waals surface area contributed by atoms with Crippen LogP contribution in [0.4, 0.5) is 5.69 Å². The zero-order valence-electron chi connectivity index (χ0n) is 9.18. The van der Waals surface area contributed by atoms with Gasteiger partial charge in [-0.15, -0.1) is 23.1 Å². The van der Waals surface area contributed by atoms with Gasteiger partial charge < -0.3 is 10.8 Å². The highest BCUT2D eigenvalue weighted by atomic mass is 32.2. The third-order valence-corrected chi connectivity index (χ3v) is 4.66. The molecule has 0 fully saturated rings. The summed E-state index contributed by atoms with van der Waals surface area (Å²) in [6.45, 7) is 3.77. The second kappa shape index (κ2) is 4.61. The maximum atomic E-state index is 9.47. The Labute approximate surface area is 103 Å². The summed E-state index contributed by atoms with van der Waals surface area (Å²) < 4.78 is 1.10. The number of fused-ring (bicyclic) bond motifs is 1. The summed E-state index contributed by atoms with van der Waals surface area (Å²) in [4.78, 5) is 5.24. The lowest BCUT2D eigenvalue weighted by Gasteiger charge is -2.15. The standard InChI is InChI=1S/C11H14N2OS2/c1-6(14)7(2)16-8-3-4-9-11(10(8)12)13-5-15-9/h3-7,14H,12H2,1-2H3. The summed E-state index contributed by atoms with van der Waals surface area (Å²) in [5.74, 6) is 0. The molecule has 86 valence electrons. The van der Waals surface area contributed by atoms with Crippen molar-refractivity contribution in [3.05, 3.63) is 17.6 Å². The second-order valence-electron chi connectivity index (χ2n) is 3.74. The first-order valence-corrected chi connectivity index (χ1v) is 6.82. The van der Waals surface area contributed by atoms with Gasteiger partial charge in [-0.25, -0.2) is 4.98 Å². The summed E-state index contributed by atoms with van der Waals surface area (Å²) in [5.41, 5.74) is 9.44. The van der Waals surface area contributed by atoms with E-state index in [1.54, 1.807) is 35.5 Å². The number of nitrogens with zero attached hydrogens (tertiary/aromatic N) is 1. The molecule has 0 radical (unpaired) electrons. The van der Waals surface area contributed by atoms with Crippen molar-refractivity contribution >= 4 is 39.0 Å². The van der Waals surface area contributed by atoms with Crippen LogP contribution in [0.25, 0.3) is 10.2 Å². The SMILES string of the molecule is CC(O)C(C)Sc1ccc2scnc2c1N. The lowest BCUT2D eigenvalue weighted by molar-refractivity contribution is 0.196. The van der Waals surface area contributed by atoms with E-state index in [4.69, 9.17) is 5.73 Å². The first-order valence-electron chi connectivity index (χ1n) is 5.06. The molecule has 16 heavy (non-hydrogen) atoms. The topological polar surface area (TPSA) is 59.1 Å². The molecular formula is C11H14N2OS2. The molecule has 2 rings (SSSR count). The fourth-order valence-electron chi connectivity index (χ4n) is 1.34. The van der Waals surface area contributed by atoms with Crippen molar-refractivity contribution in [1.29, 1.82) is 0 Å². The number of aliphatic hydroxyl groups is 1. The van der Waals surface area contributed by atoms with Crippen LogP contribution < -0.4 is 5.73 Å². The highest BCUT2D eigenvalue weighted by Crippen LogP contribution is 2.35. The minimum Gasteiger partial charge on any atom is -0.396 e. The number of thioether (sulfide) groups is 1. The van der Waals surface area contributed by atoms with Crippen molar-refractivity contribution in [2.24, 2.45) is 0 Å². The highest BCUT2D eigenvalue weighted by molar-refractivity contribution is 8.00. The molecule has 3 N–H and O–H groups in total. The number of anilines is 1. The van der Waals surface area contributed by atoms with Gasteiger partial charge in [0.15, 0.2) is 0 Å². The van der Waals surface area contributed by atoms with Gasteiger partial charge in [0.1, 0.15) is 5.52 Å². The predicted octanol–water partition coefficient (Wildman–Crippen LogP) is 2.74. The van der Waals surface area contributed by atoms with Crippen molar-refractivity contribution in [3.8, 4) is 0 Å². The van der Waals surface area contributed by atoms with E-state index in [1.165, 1.54) is 0 Å². The molecule has 1 heterocycles. The Morgan fingerprint density at radius 3 is 2.88 bits per heavy atom. The van der Waals surface area contributed by atoms with Crippen molar-refractivity contribution in [1.82, 2.24) is 4.98 Å². The largest absolute Gasteiger partial charge is 0.396 e. The fraction of sp³-hybridized carbons (Fsp3) is 0.364. The number of hydrogen-bond acceptors (Lipinski definition) is 5. The van der Waals surface area contributed by atoms with Crippen LogP contribution in [0.2, 0.25) is 0 Å². The zero-order chi connectivity index (χ0) is 11.7. The summed E-state index contributed by atoms with van der Waals surface area (Å²) in [6.07, 6.45) is -0.351. The van der Waals surface area contributed by atoms with E-state index in [0.717, 1.165) is 20.8 Å². The molecule has 0 bridgehead atoms. The van der Waals surface area contributed by atoms with Crippen molar-refractivity contribution in [2.75, 3.05) is 5.73 Å². The average Bonchev–Trinajstić information content (AvgIpc) is 2.70. The van der Waals surface area contributed by atoms with E-state index in [1.807, 2.05) is 19.1 Å². The van der Waals surface area contributed by atoms with Crippen LogP contribution >= 0.6 is 23.1 Å². The smallest absolute Gasteiger partial charge is 0.105 e. The highest BCUT2D eigenvalue weighted by Gasteiger charge is 2.14. The molecule has 0 saturated heterocycles. The van der Waals surface area contributed by atoms with Gasteiger partial charge in [0.2, 0.25) is 0 Å². The number of rotatable bonds is 3. The van der Waals surface area contributed by atoms with Gasteiger partial charge in [-0.2, -0.15) is 0 Å². The number of nitrogen functional groups attached to an aromatic ring is 1. The molecule has 5 heteroatoms. The first kappa shape index (κ1) is 11.7. The lowest BCUT2D eigenvalue weighted by Crippen LogP contribution is -2.15. The Balaban J connectivity index is 2.34. The Kier molecular flexibility index (Phi) is 3.37. The Bertz CT molecular complexity index is 496. The Morgan fingerprint density at radius 2 is 2.19 bits per heavy atom. The zero-order valence-corrected chi connectivity index (χ0v) is 10.8.